The quantitative estimate of drug-likeness (QED) is 0.605. The third-order valence-electron chi connectivity index (χ3n) is 3.32. The van der Waals surface area contributed by atoms with Gasteiger partial charge in [-0.1, -0.05) is 0 Å². The summed E-state index contributed by atoms with van der Waals surface area (Å²) in [6.07, 6.45) is -0.883. The van der Waals surface area contributed by atoms with Crippen LogP contribution in [0.5, 0.6) is 0 Å². The number of rotatable bonds is 6. The lowest BCUT2D eigenvalue weighted by molar-refractivity contribution is -0.146. The second-order valence-electron chi connectivity index (χ2n) is 6.16. The fourth-order valence-corrected chi connectivity index (χ4v) is 2.42. The number of alkyl carbamates (subject to hydrolysis) is 1. The number of hydrogen-bond donors (Lipinski definition) is 3. The normalized spacial score (nSPS) is 25.0. The molecule has 0 aromatic heterocycles. The summed E-state index contributed by atoms with van der Waals surface area (Å²) in [4.78, 5) is 34.8. The van der Waals surface area contributed by atoms with Crippen LogP contribution in [0.15, 0.2) is 0 Å². The van der Waals surface area contributed by atoms with E-state index in [0.29, 0.717) is 0 Å². The van der Waals surface area contributed by atoms with Crippen molar-refractivity contribution in [2.75, 3.05) is 13.2 Å². The first kappa shape index (κ1) is 18.2. The molecule has 1 fully saturated rings. The van der Waals surface area contributed by atoms with Gasteiger partial charge in [0.25, 0.3) is 0 Å². The second-order valence-corrected chi connectivity index (χ2v) is 6.16. The van der Waals surface area contributed by atoms with Gasteiger partial charge in [-0.3, -0.25) is 4.79 Å². The van der Waals surface area contributed by atoms with Crippen LogP contribution in [-0.4, -0.2) is 53.1 Å². The largest absolute Gasteiger partial charge is 0.480 e. The molecule has 0 saturated heterocycles. The molecule has 0 radical (unpaired) electrons. The first-order valence-electron chi connectivity index (χ1n) is 7.12. The maximum absolute atomic E-state index is 11.8. The van der Waals surface area contributed by atoms with E-state index in [1.165, 1.54) is 0 Å². The number of carboxylic acids is 1. The third kappa shape index (κ3) is 4.59. The molecule has 0 aliphatic heterocycles. The summed E-state index contributed by atoms with van der Waals surface area (Å²) in [5.41, 5.74) is -0.770. The Morgan fingerprint density at radius 1 is 1.27 bits per heavy atom. The maximum atomic E-state index is 11.8. The number of aliphatic hydroxyl groups is 1. The van der Waals surface area contributed by atoms with Crippen LogP contribution < -0.4 is 5.32 Å². The van der Waals surface area contributed by atoms with E-state index in [1.807, 2.05) is 0 Å². The number of esters is 1. The second kappa shape index (κ2) is 6.95. The molecule has 1 amide bonds. The Labute approximate surface area is 128 Å². The van der Waals surface area contributed by atoms with Gasteiger partial charge in [-0.2, -0.15) is 0 Å². The van der Waals surface area contributed by atoms with Gasteiger partial charge < -0.3 is 25.0 Å². The fourth-order valence-electron chi connectivity index (χ4n) is 2.42. The first-order chi connectivity index (χ1) is 10.1. The molecule has 1 aliphatic rings. The van der Waals surface area contributed by atoms with Crippen LogP contribution in [0.25, 0.3) is 0 Å². The van der Waals surface area contributed by atoms with Crippen molar-refractivity contribution in [3.63, 3.8) is 0 Å². The highest BCUT2D eigenvalue weighted by atomic mass is 16.6. The zero-order chi connectivity index (χ0) is 17.1. The Bertz CT molecular complexity index is 443. The van der Waals surface area contributed by atoms with Crippen molar-refractivity contribution in [1.29, 1.82) is 0 Å². The maximum Gasteiger partial charge on any atom is 0.408 e. The van der Waals surface area contributed by atoms with E-state index in [9.17, 15) is 24.6 Å². The number of nitrogens with one attached hydrogen (secondary N) is 1. The molecule has 126 valence electrons. The Morgan fingerprint density at radius 3 is 2.27 bits per heavy atom. The number of ether oxygens (including phenoxy) is 2. The molecular weight excluding hydrogens is 294 g/mol. The minimum absolute atomic E-state index is 0.164. The van der Waals surface area contributed by atoms with Crippen molar-refractivity contribution in [2.24, 2.45) is 17.8 Å². The Balaban J connectivity index is 2.77. The lowest BCUT2D eigenvalue weighted by Gasteiger charge is -2.22. The monoisotopic (exact) mass is 317 g/mol. The van der Waals surface area contributed by atoms with E-state index < -0.39 is 47.4 Å². The summed E-state index contributed by atoms with van der Waals surface area (Å²) in [5, 5.41) is 20.8. The highest BCUT2D eigenvalue weighted by Gasteiger charge is 2.61. The van der Waals surface area contributed by atoms with Gasteiger partial charge >= 0.3 is 18.0 Å². The molecule has 0 spiro atoms. The Hall–Kier alpha value is -1.83. The molecule has 4 atom stereocenters. The lowest BCUT2D eigenvalue weighted by atomic mass is 10.1. The van der Waals surface area contributed by atoms with Crippen LogP contribution in [0.1, 0.15) is 27.7 Å². The first-order valence-corrected chi connectivity index (χ1v) is 7.12. The van der Waals surface area contributed by atoms with Crippen LogP contribution in [0, 0.1) is 17.8 Å². The number of carboxylic acid groups (broad SMARTS) is 1. The molecule has 0 aromatic carbocycles. The van der Waals surface area contributed by atoms with Crippen LogP contribution >= 0.6 is 0 Å². The Kier molecular flexibility index (Phi) is 5.76. The summed E-state index contributed by atoms with van der Waals surface area (Å²) in [6.45, 7) is 6.40. The molecule has 1 aliphatic carbocycles. The fraction of sp³-hybridized carbons (Fsp3) is 0.786. The minimum Gasteiger partial charge on any atom is -0.480 e. The van der Waals surface area contributed by atoms with E-state index in [4.69, 9.17) is 9.47 Å². The van der Waals surface area contributed by atoms with Gasteiger partial charge in [-0.25, -0.2) is 9.59 Å². The summed E-state index contributed by atoms with van der Waals surface area (Å²) in [5.74, 6) is -3.85. The number of amides is 1. The predicted molar refractivity (Wildman–Crippen MR) is 75.0 cm³/mol. The zero-order valence-electron chi connectivity index (χ0n) is 13.2. The zero-order valence-corrected chi connectivity index (χ0v) is 13.2. The number of carbonyl (C=O) groups is 3. The van der Waals surface area contributed by atoms with Gasteiger partial charge in [-0.15, -0.1) is 0 Å². The van der Waals surface area contributed by atoms with Crippen molar-refractivity contribution in [2.45, 2.75) is 39.3 Å². The van der Waals surface area contributed by atoms with Crippen LogP contribution in [-0.2, 0) is 19.1 Å². The van der Waals surface area contributed by atoms with Crippen LogP contribution in [0.2, 0.25) is 0 Å². The van der Waals surface area contributed by atoms with Gasteiger partial charge in [-0.05, 0) is 27.7 Å². The molecular formula is C14H23NO7. The van der Waals surface area contributed by atoms with Gasteiger partial charge in [0.05, 0.1) is 12.5 Å². The topological polar surface area (TPSA) is 122 Å². The molecule has 0 aromatic rings. The Morgan fingerprint density at radius 2 is 1.86 bits per heavy atom. The average Bonchev–Trinajstić information content (AvgIpc) is 3.07. The van der Waals surface area contributed by atoms with Crippen LogP contribution in [0.4, 0.5) is 4.79 Å². The number of aliphatic carboxylic acids is 1. The van der Waals surface area contributed by atoms with E-state index in [1.54, 1.807) is 27.7 Å². The predicted octanol–water partition coefficient (Wildman–Crippen LogP) is 0.382. The standard InChI is InChI=1S/C14H23NO7/c1-5-21-12(19)9-7(6-16)8(9)10(11(17)18)15-13(20)22-14(2,3)4/h7-10,16H,5-6H2,1-4H3,(H,15,20)(H,17,18)/t7?,8?,9?,10-/m1/s1. The summed E-state index contributed by atoms with van der Waals surface area (Å²) in [6, 6.07) is -1.32. The molecule has 0 heterocycles. The summed E-state index contributed by atoms with van der Waals surface area (Å²) >= 11 is 0. The lowest BCUT2D eigenvalue weighted by Crippen LogP contribution is -2.45. The SMILES string of the molecule is CCOC(=O)C1C(CO)C1[C@@H](NC(=O)OC(C)(C)C)C(=O)O. The molecule has 1 saturated carbocycles. The van der Waals surface area contributed by atoms with Crippen molar-refractivity contribution < 1.29 is 34.1 Å². The molecule has 0 bridgehead atoms. The summed E-state index contributed by atoms with van der Waals surface area (Å²) < 4.78 is 9.87. The van der Waals surface area contributed by atoms with Crippen molar-refractivity contribution in [3.05, 3.63) is 0 Å². The summed E-state index contributed by atoms with van der Waals surface area (Å²) in [7, 11) is 0. The molecule has 22 heavy (non-hydrogen) atoms. The highest BCUT2D eigenvalue weighted by Crippen LogP contribution is 2.49. The molecule has 1 rings (SSSR count). The smallest absolute Gasteiger partial charge is 0.408 e. The minimum atomic E-state index is -1.32. The van der Waals surface area contributed by atoms with Gasteiger partial charge in [0.2, 0.25) is 0 Å². The highest BCUT2D eigenvalue weighted by molar-refractivity contribution is 5.84. The van der Waals surface area contributed by atoms with E-state index >= 15 is 0 Å². The van der Waals surface area contributed by atoms with Gasteiger partial charge in [0.1, 0.15) is 11.6 Å². The number of carbonyl (C=O) groups excluding carboxylic acids is 2. The van der Waals surface area contributed by atoms with Crippen molar-refractivity contribution in [1.82, 2.24) is 5.32 Å². The van der Waals surface area contributed by atoms with E-state index in [-0.39, 0.29) is 13.2 Å². The van der Waals surface area contributed by atoms with Gasteiger partial charge in [0, 0.05) is 18.4 Å². The molecule has 3 unspecified atom stereocenters. The number of hydrogen-bond acceptors (Lipinski definition) is 6. The van der Waals surface area contributed by atoms with Crippen LogP contribution in [0.3, 0.4) is 0 Å². The number of aliphatic hydroxyl groups excluding tert-OH is 1. The van der Waals surface area contributed by atoms with Gasteiger partial charge in [0.15, 0.2) is 0 Å². The van der Waals surface area contributed by atoms with Crippen molar-refractivity contribution >= 4 is 18.0 Å². The van der Waals surface area contributed by atoms with E-state index in [2.05, 4.69) is 5.32 Å². The molecule has 3 N–H and O–H groups in total. The molecule has 8 heteroatoms. The molecule has 8 nitrogen and oxygen atoms in total. The van der Waals surface area contributed by atoms with E-state index in [0.717, 1.165) is 0 Å². The van der Waals surface area contributed by atoms with Crippen molar-refractivity contribution in [3.8, 4) is 0 Å². The average molecular weight is 317 g/mol. The third-order valence-corrected chi connectivity index (χ3v) is 3.32.